The molecule has 2 aromatic rings. The van der Waals surface area contributed by atoms with Crippen molar-refractivity contribution in [3.8, 4) is 0 Å². The Bertz CT molecular complexity index is 734. The molecule has 0 aromatic heterocycles. The van der Waals surface area contributed by atoms with E-state index in [4.69, 9.17) is 17.2 Å². The van der Waals surface area contributed by atoms with Gasteiger partial charge in [0.15, 0.2) is 5.11 Å². The summed E-state index contributed by atoms with van der Waals surface area (Å²) in [6, 6.07) is 18.6. The van der Waals surface area contributed by atoms with Crippen molar-refractivity contribution in [1.29, 1.82) is 0 Å². The molecule has 0 amide bonds. The summed E-state index contributed by atoms with van der Waals surface area (Å²) in [7, 11) is 0. The Labute approximate surface area is 155 Å². The highest BCUT2D eigenvalue weighted by Crippen LogP contribution is 2.18. The van der Waals surface area contributed by atoms with E-state index in [9.17, 15) is 0 Å². The van der Waals surface area contributed by atoms with E-state index in [0.29, 0.717) is 5.11 Å². The predicted octanol–water partition coefficient (Wildman–Crippen LogP) is 4.88. The van der Waals surface area contributed by atoms with Gasteiger partial charge in [0.05, 0.1) is 0 Å². The Kier molecular flexibility index (Phi) is 6.18. The van der Waals surface area contributed by atoms with Gasteiger partial charge >= 0.3 is 0 Å². The number of nitrogens with zero attached hydrogens (tertiary/aromatic N) is 2. The highest BCUT2D eigenvalue weighted by molar-refractivity contribution is 7.80. The molecule has 1 aliphatic heterocycles. The van der Waals surface area contributed by atoms with Crippen LogP contribution in [0.4, 0.5) is 5.69 Å². The van der Waals surface area contributed by atoms with Crippen LogP contribution in [0.5, 0.6) is 0 Å². The van der Waals surface area contributed by atoms with Crippen LogP contribution < -0.4 is 5.32 Å². The van der Waals surface area contributed by atoms with Crippen molar-refractivity contribution in [2.45, 2.75) is 32.6 Å². The van der Waals surface area contributed by atoms with Crippen molar-refractivity contribution < 1.29 is 0 Å². The van der Waals surface area contributed by atoms with Crippen LogP contribution in [0.2, 0.25) is 0 Å². The normalized spacial score (nSPS) is 15.1. The van der Waals surface area contributed by atoms with Crippen LogP contribution in [0.3, 0.4) is 0 Å². The van der Waals surface area contributed by atoms with Gasteiger partial charge < -0.3 is 10.2 Å². The first kappa shape index (κ1) is 17.6. The van der Waals surface area contributed by atoms with E-state index in [-0.39, 0.29) is 0 Å². The third-order valence-corrected chi connectivity index (χ3v) is 4.88. The zero-order valence-electron chi connectivity index (χ0n) is 14.7. The van der Waals surface area contributed by atoms with Gasteiger partial charge in [0.1, 0.15) is 5.84 Å². The van der Waals surface area contributed by atoms with Crippen LogP contribution in [0.25, 0.3) is 0 Å². The van der Waals surface area contributed by atoms with E-state index >= 15 is 0 Å². The topological polar surface area (TPSA) is 27.6 Å². The summed E-state index contributed by atoms with van der Waals surface area (Å²) in [6.07, 6.45) is 4.66. The molecule has 3 rings (SSSR count). The number of nitrogens with one attached hydrogen (secondary N) is 1. The van der Waals surface area contributed by atoms with Crippen LogP contribution in [0.15, 0.2) is 59.6 Å². The lowest BCUT2D eigenvalue weighted by Gasteiger charge is -2.27. The van der Waals surface area contributed by atoms with Crippen molar-refractivity contribution in [2.24, 2.45) is 4.99 Å². The Morgan fingerprint density at radius 3 is 2.40 bits per heavy atom. The largest absolute Gasteiger partial charge is 0.347 e. The lowest BCUT2D eigenvalue weighted by Crippen LogP contribution is -2.34. The Hall–Kier alpha value is -2.20. The van der Waals surface area contributed by atoms with Crippen LogP contribution >= 0.6 is 12.2 Å². The first-order valence-electron chi connectivity index (χ1n) is 9.06. The molecule has 25 heavy (non-hydrogen) atoms. The molecule has 1 aliphatic rings. The van der Waals surface area contributed by atoms with Crippen LogP contribution in [0.1, 0.15) is 37.3 Å². The molecule has 0 atom stereocenters. The van der Waals surface area contributed by atoms with Gasteiger partial charge in [-0.25, -0.2) is 4.99 Å². The van der Waals surface area contributed by atoms with Crippen molar-refractivity contribution in [1.82, 2.24) is 4.90 Å². The minimum atomic E-state index is 0.681. The molecule has 0 unspecified atom stereocenters. The van der Waals surface area contributed by atoms with Gasteiger partial charge in [-0.2, -0.15) is 0 Å². The third kappa shape index (κ3) is 4.67. The van der Waals surface area contributed by atoms with Gasteiger partial charge in [-0.15, -0.1) is 0 Å². The molecule has 1 N–H and O–H groups in total. The van der Waals surface area contributed by atoms with Gasteiger partial charge in [0, 0.05) is 24.3 Å². The van der Waals surface area contributed by atoms with E-state index in [1.165, 1.54) is 24.8 Å². The second kappa shape index (κ2) is 8.77. The molecule has 1 heterocycles. The molecule has 1 saturated heterocycles. The molecular formula is C21H25N3S. The summed E-state index contributed by atoms with van der Waals surface area (Å²) in [6.45, 7) is 4.18. The molecule has 4 heteroatoms. The van der Waals surface area contributed by atoms with Crippen LogP contribution in [-0.4, -0.2) is 28.9 Å². The number of anilines is 1. The third-order valence-electron chi connectivity index (χ3n) is 4.53. The SMILES string of the molecule is CCc1ccccc1N/C(=N\C(=S)N1CCCCC1)c1ccccc1. The quantitative estimate of drug-likeness (QED) is 0.485. The molecular weight excluding hydrogens is 326 g/mol. The number of para-hydroxylation sites is 1. The highest BCUT2D eigenvalue weighted by Gasteiger charge is 2.15. The van der Waals surface area contributed by atoms with Crippen molar-refractivity contribution >= 4 is 28.9 Å². The highest BCUT2D eigenvalue weighted by atomic mass is 32.1. The van der Waals surface area contributed by atoms with E-state index in [1.807, 2.05) is 24.3 Å². The summed E-state index contributed by atoms with van der Waals surface area (Å²) < 4.78 is 0. The monoisotopic (exact) mass is 351 g/mol. The summed E-state index contributed by atoms with van der Waals surface area (Å²) in [5.74, 6) is 0.817. The smallest absolute Gasteiger partial charge is 0.197 e. The molecule has 3 nitrogen and oxygen atoms in total. The standard InChI is InChI=1S/C21H25N3S/c1-2-17-11-7-8-14-19(17)22-20(18-12-5-3-6-13-18)23-21(25)24-15-9-4-10-16-24/h3,5-8,11-14H,2,4,9-10,15-16H2,1H3,(H,22,23,25). The fourth-order valence-electron chi connectivity index (χ4n) is 3.09. The van der Waals surface area contributed by atoms with E-state index in [2.05, 4.69) is 47.5 Å². The number of hydrogen-bond acceptors (Lipinski definition) is 1. The predicted molar refractivity (Wildman–Crippen MR) is 110 cm³/mol. The first-order valence-corrected chi connectivity index (χ1v) is 9.46. The van der Waals surface area contributed by atoms with Gasteiger partial charge in [-0.05, 0) is 49.5 Å². The van der Waals surface area contributed by atoms with E-state index in [0.717, 1.165) is 36.6 Å². The Morgan fingerprint density at radius 2 is 1.68 bits per heavy atom. The maximum atomic E-state index is 5.63. The molecule has 0 aliphatic carbocycles. The average molecular weight is 352 g/mol. The van der Waals surface area contributed by atoms with Gasteiger partial charge in [0.2, 0.25) is 0 Å². The summed E-state index contributed by atoms with van der Waals surface area (Å²) in [5.41, 5.74) is 3.41. The minimum Gasteiger partial charge on any atom is -0.347 e. The van der Waals surface area contributed by atoms with Crippen molar-refractivity contribution in [3.63, 3.8) is 0 Å². The van der Waals surface area contributed by atoms with Gasteiger partial charge in [-0.3, -0.25) is 0 Å². The van der Waals surface area contributed by atoms with Crippen LogP contribution in [0, 0.1) is 0 Å². The molecule has 2 aromatic carbocycles. The molecule has 1 fully saturated rings. The average Bonchev–Trinajstić information content (AvgIpc) is 2.69. The first-order chi connectivity index (χ1) is 12.3. The minimum absolute atomic E-state index is 0.681. The van der Waals surface area contributed by atoms with Gasteiger partial charge in [-0.1, -0.05) is 55.5 Å². The molecule has 130 valence electrons. The number of hydrogen-bond donors (Lipinski definition) is 1. The zero-order chi connectivity index (χ0) is 17.5. The summed E-state index contributed by atoms with van der Waals surface area (Å²) in [5, 5.41) is 4.20. The summed E-state index contributed by atoms with van der Waals surface area (Å²) >= 11 is 5.63. The van der Waals surface area contributed by atoms with Crippen LogP contribution in [-0.2, 0) is 6.42 Å². The number of benzene rings is 2. The van der Waals surface area contributed by atoms with Gasteiger partial charge in [0.25, 0.3) is 0 Å². The molecule has 0 radical (unpaired) electrons. The van der Waals surface area contributed by atoms with Crippen molar-refractivity contribution in [2.75, 3.05) is 18.4 Å². The Balaban J connectivity index is 1.90. The fraction of sp³-hybridized carbons (Fsp3) is 0.333. The zero-order valence-corrected chi connectivity index (χ0v) is 15.6. The number of aliphatic imine (C=N–C) groups is 1. The maximum Gasteiger partial charge on any atom is 0.197 e. The van der Waals surface area contributed by atoms with E-state index in [1.54, 1.807) is 0 Å². The number of thiocarbonyl (C=S) groups is 1. The molecule has 0 saturated carbocycles. The molecule has 0 spiro atoms. The number of piperidine rings is 1. The number of aryl methyl sites for hydroxylation is 1. The second-order valence-electron chi connectivity index (χ2n) is 6.29. The fourth-order valence-corrected chi connectivity index (χ4v) is 3.36. The molecule has 0 bridgehead atoms. The number of amidine groups is 1. The van der Waals surface area contributed by atoms with Crippen molar-refractivity contribution in [3.05, 3.63) is 65.7 Å². The Morgan fingerprint density at radius 1 is 1.00 bits per heavy atom. The number of likely N-dealkylation sites (tertiary alicyclic amines) is 1. The number of rotatable bonds is 3. The second-order valence-corrected chi connectivity index (χ2v) is 6.66. The lowest BCUT2D eigenvalue weighted by molar-refractivity contribution is 0.344. The summed E-state index contributed by atoms with van der Waals surface area (Å²) in [4.78, 5) is 7.02. The van der Waals surface area contributed by atoms with E-state index < -0.39 is 0 Å². The lowest BCUT2D eigenvalue weighted by atomic mass is 10.1. The maximum absolute atomic E-state index is 5.63.